The van der Waals surface area contributed by atoms with E-state index in [0.29, 0.717) is 5.96 Å². The number of guanidine groups is 2. The van der Waals surface area contributed by atoms with Crippen molar-refractivity contribution in [3.05, 3.63) is 0 Å². The van der Waals surface area contributed by atoms with Crippen LogP contribution in [0.15, 0.2) is 9.98 Å². The molecule has 0 radical (unpaired) electrons. The molecule has 0 spiro atoms. The fourth-order valence-corrected chi connectivity index (χ4v) is 4.24. The predicted octanol–water partition coefficient (Wildman–Crippen LogP) is -6.10. The zero-order chi connectivity index (χ0) is 28.3. The van der Waals surface area contributed by atoms with Crippen molar-refractivity contribution >= 4 is 24.0 Å². The number of hydrogen-bond donors (Lipinski definition) is 9. The third-order valence-electron chi connectivity index (χ3n) is 6.33. The van der Waals surface area contributed by atoms with Crippen LogP contribution in [0.5, 0.6) is 0 Å². The number of urea groups is 2. The molecule has 4 rings (SSSR count). The number of aliphatic hydroxyl groups is 6. The van der Waals surface area contributed by atoms with Gasteiger partial charge in [-0.1, -0.05) is 0 Å². The average Bonchev–Trinajstić information content (AvgIpc) is 3.35. The molecule has 4 heterocycles. The lowest BCUT2D eigenvalue weighted by atomic mass is 10.1. The number of nitrogens with one attached hydrogen (secondary N) is 2. The first kappa shape index (κ1) is 29.7. The Morgan fingerprint density at radius 1 is 0.816 bits per heavy atom. The summed E-state index contributed by atoms with van der Waals surface area (Å²) in [6, 6.07) is -1.04. The maximum atomic E-state index is 11.9. The van der Waals surface area contributed by atoms with Crippen LogP contribution in [0.1, 0.15) is 0 Å². The molecule has 4 fully saturated rings. The van der Waals surface area contributed by atoms with Crippen molar-refractivity contribution in [2.24, 2.45) is 15.8 Å². The minimum absolute atomic E-state index is 0.0644. The number of aliphatic hydroxyl groups excluding tert-OH is 6. The van der Waals surface area contributed by atoms with Crippen molar-refractivity contribution in [1.82, 2.24) is 30.3 Å². The number of aliphatic imine (C=N–C) groups is 2. The zero-order valence-corrected chi connectivity index (χ0v) is 21.0. The quantitative estimate of drug-likeness (QED) is 0.148. The van der Waals surface area contributed by atoms with E-state index < -0.39 is 74.4 Å². The van der Waals surface area contributed by atoms with Crippen LogP contribution in [-0.4, -0.2) is 171 Å². The number of amides is 4. The Balaban J connectivity index is 0.000000211. The summed E-state index contributed by atoms with van der Waals surface area (Å²) in [6.07, 6.45) is -9.03. The molecule has 0 bridgehead atoms. The van der Waals surface area contributed by atoms with Gasteiger partial charge in [-0.05, 0) is 0 Å². The smallest absolute Gasteiger partial charge is 0.327 e. The predicted molar refractivity (Wildman–Crippen MR) is 127 cm³/mol. The summed E-state index contributed by atoms with van der Waals surface area (Å²) in [5.74, 6) is 6.25. The fourth-order valence-electron chi connectivity index (χ4n) is 4.24. The van der Waals surface area contributed by atoms with Gasteiger partial charge in [-0.25, -0.2) is 15.4 Å². The first-order valence-electron chi connectivity index (χ1n) is 11.6. The molecular weight excluding hydrogens is 514 g/mol. The van der Waals surface area contributed by atoms with Gasteiger partial charge < -0.3 is 45.0 Å². The topological polar surface area (TPSA) is 262 Å². The highest BCUT2D eigenvalue weighted by molar-refractivity contribution is 5.98. The van der Waals surface area contributed by atoms with E-state index in [1.54, 1.807) is 19.0 Å². The zero-order valence-electron chi connectivity index (χ0n) is 21.0. The number of nitrogens with two attached hydrogens (primary N) is 1. The molecule has 0 aromatic rings. The molecule has 0 aliphatic carbocycles. The summed E-state index contributed by atoms with van der Waals surface area (Å²) in [7, 11) is 4.74. The molecule has 38 heavy (non-hydrogen) atoms. The highest BCUT2D eigenvalue weighted by atomic mass is 16.6. The summed E-state index contributed by atoms with van der Waals surface area (Å²) in [5, 5.41) is 63.2. The molecule has 216 valence electrons. The lowest BCUT2D eigenvalue weighted by Crippen LogP contribution is -2.65. The van der Waals surface area contributed by atoms with E-state index in [1.165, 1.54) is 11.9 Å². The van der Waals surface area contributed by atoms with E-state index in [-0.39, 0.29) is 19.3 Å². The standard InChI is InChI=1S/C10H18N4O5.C9H17N5O5/c1-11-9-12-10(18)14(4-13(9)2)8-7(17)6(16)5(3-15)19-8;1-11-8-12-9(18)13(3-14(8)10)7-6(17)5(16)4(2-15)19-7/h5-8,15-17H,3-4H2,1-2H3,(H,11,12,18);4-7,15-17H,2-3,10H2,1H3,(H,11,12,18)/t5-,6-,7-,8-;4-,5-,6-,7-/m11/s1. The van der Waals surface area contributed by atoms with Crippen LogP contribution >= 0.6 is 0 Å². The second-order valence-corrected chi connectivity index (χ2v) is 8.80. The van der Waals surface area contributed by atoms with Crippen LogP contribution < -0.4 is 16.5 Å². The molecule has 0 unspecified atom stereocenters. The molecule has 19 nitrogen and oxygen atoms in total. The van der Waals surface area contributed by atoms with Gasteiger partial charge in [0.05, 0.1) is 19.9 Å². The largest absolute Gasteiger partial charge is 0.394 e. The second-order valence-electron chi connectivity index (χ2n) is 8.80. The molecule has 4 aliphatic rings. The molecule has 10 N–H and O–H groups in total. The van der Waals surface area contributed by atoms with Crippen LogP contribution in [0, 0.1) is 0 Å². The normalized spacial score (nSPS) is 37.9. The van der Waals surface area contributed by atoms with Crippen LogP contribution in [0.2, 0.25) is 0 Å². The van der Waals surface area contributed by atoms with Gasteiger partial charge in [0.15, 0.2) is 12.5 Å². The molecular formula is C19H35N9O10. The van der Waals surface area contributed by atoms with Crippen LogP contribution in [0.4, 0.5) is 9.59 Å². The van der Waals surface area contributed by atoms with Gasteiger partial charge in [-0.3, -0.25) is 35.4 Å². The number of hydrogen-bond acceptors (Lipinski definition) is 13. The van der Waals surface area contributed by atoms with Crippen molar-refractivity contribution in [3.63, 3.8) is 0 Å². The maximum Gasteiger partial charge on any atom is 0.327 e. The first-order valence-corrected chi connectivity index (χ1v) is 11.6. The number of hydrazine groups is 1. The van der Waals surface area contributed by atoms with E-state index >= 15 is 0 Å². The average molecular weight is 550 g/mol. The SMILES string of the molecule is CN=C1NC(=O)N([C@@H]2O[C@H](CO)[C@@H](O)[C@H]2O)CN1C.CN=C1NC(=O)N([C@@H]2O[C@H](CO)[C@@H](O)[C@H]2O)CN1N. The van der Waals surface area contributed by atoms with Gasteiger partial charge in [-0.15, -0.1) is 0 Å². The van der Waals surface area contributed by atoms with Crippen LogP contribution in [0.3, 0.4) is 0 Å². The van der Waals surface area contributed by atoms with Crippen LogP contribution in [-0.2, 0) is 9.47 Å². The molecule has 0 aromatic carbocycles. The Morgan fingerprint density at radius 3 is 1.63 bits per heavy atom. The molecule has 4 aliphatic heterocycles. The Kier molecular flexibility index (Phi) is 9.62. The Hall–Kier alpha value is -2.88. The number of nitrogens with zero attached hydrogens (tertiary/aromatic N) is 6. The molecule has 4 amide bonds. The second kappa shape index (κ2) is 12.3. The molecule has 0 saturated carbocycles. The lowest BCUT2D eigenvalue weighted by Gasteiger charge is -2.39. The van der Waals surface area contributed by atoms with Gasteiger partial charge in [0.25, 0.3) is 0 Å². The van der Waals surface area contributed by atoms with Crippen LogP contribution in [0.25, 0.3) is 0 Å². The van der Waals surface area contributed by atoms with Gasteiger partial charge in [0.2, 0.25) is 11.9 Å². The van der Waals surface area contributed by atoms with Gasteiger partial charge in [0, 0.05) is 21.1 Å². The Bertz CT molecular complexity index is 853. The Morgan fingerprint density at radius 2 is 1.24 bits per heavy atom. The monoisotopic (exact) mass is 549 g/mol. The van der Waals surface area contributed by atoms with Crippen molar-refractivity contribution < 1.29 is 49.7 Å². The van der Waals surface area contributed by atoms with E-state index in [9.17, 15) is 30.0 Å². The summed E-state index contributed by atoms with van der Waals surface area (Å²) < 4.78 is 10.6. The Labute approximate surface area is 217 Å². The fraction of sp³-hybridized carbons (Fsp3) is 0.789. The highest BCUT2D eigenvalue weighted by Gasteiger charge is 2.49. The number of carbonyl (C=O) groups excluding carboxylic acids is 2. The highest BCUT2D eigenvalue weighted by Crippen LogP contribution is 2.26. The first-order chi connectivity index (χ1) is 18.0. The number of carbonyl (C=O) groups is 2. The van der Waals surface area contributed by atoms with Crippen molar-refractivity contribution in [3.8, 4) is 0 Å². The van der Waals surface area contributed by atoms with E-state index in [1.807, 2.05) is 0 Å². The lowest BCUT2D eigenvalue weighted by molar-refractivity contribution is -0.0901. The third kappa shape index (κ3) is 5.75. The van der Waals surface area contributed by atoms with Gasteiger partial charge >= 0.3 is 12.1 Å². The van der Waals surface area contributed by atoms with Crippen molar-refractivity contribution in [2.75, 3.05) is 47.7 Å². The summed E-state index contributed by atoms with van der Waals surface area (Å²) in [4.78, 5) is 35.4. The molecule has 0 aromatic heterocycles. The summed E-state index contributed by atoms with van der Waals surface area (Å²) in [5.41, 5.74) is 0. The number of rotatable bonds is 4. The third-order valence-corrected chi connectivity index (χ3v) is 6.33. The van der Waals surface area contributed by atoms with Gasteiger partial charge in [0.1, 0.15) is 43.3 Å². The summed E-state index contributed by atoms with van der Waals surface area (Å²) in [6.45, 7) is -0.796. The minimum Gasteiger partial charge on any atom is -0.394 e. The van der Waals surface area contributed by atoms with E-state index in [4.69, 9.17) is 25.5 Å². The van der Waals surface area contributed by atoms with E-state index in [2.05, 4.69) is 20.6 Å². The van der Waals surface area contributed by atoms with E-state index in [0.717, 1.165) is 9.91 Å². The number of ether oxygens (including phenoxy) is 2. The van der Waals surface area contributed by atoms with Crippen molar-refractivity contribution in [1.29, 1.82) is 0 Å². The van der Waals surface area contributed by atoms with Gasteiger partial charge in [-0.2, -0.15) is 0 Å². The van der Waals surface area contributed by atoms with Crippen molar-refractivity contribution in [2.45, 2.75) is 49.1 Å². The minimum atomic E-state index is -1.32. The molecule has 4 saturated heterocycles. The maximum absolute atomic E-state index is 11.9. The summed E-state index contributed by atoms with van der Waals surface area (Å²) >= 11 is 0. The molecule has 8 atom stereocenters. The molecule has 19 heteroatoms.